The highest BCUT2D eigenvalue weighted by molar-refractivity contribution is 7.89. The van der Waals surface area contributed by atoms with E-state index in [1.54, 1.807) is 30.3 Å². The average molecular weight is 466 g/mol. The van der Waals surface area contributed by atoms with Crippen LogP contribution in [0.2, 0.25) is 0 Å². The van der Waals surface area contributed by atoms with Crippen molar-refractivity contribution >= 4 is 33.3 Å². The number of hydrogen-bond donors (Lipinski definition) is 3. The lowest BCUT2D eigenvalue weighted by Crippen LogP contribution is -2.38. The van der Waals surface area contributed by atoms with Crippen LogP contribution in [0.1, 0.15) is 33.2 Å². The first-order valence-electron chi connectivity index (χ1n) is 10.3. The van der Waals surface area contributed by atoms with Gasteiger partial charge in [0.15, 0.2) is 6.61 Å². The zero-order valence-electron chi connectivity index (χ0n) is 18.1. The number of sulfonamides is 1. The molecular weight excluding hydrogens is 442 g/mol. The first-order valence-corrected chi connectivity index (χ1v) is 11.7. The van der Waals surface area contributed by atoms with Gasteiger partial charge in [0.2, 0.25) is 10.0 Å². The molecule has 3 N–H and O–H groups in total. The maximum Gasteiger partial charge on any atom is 0.338 e. The Bertz CT molecular complexity index is 1300. The van der Waals surface area contributed by atoms with Crippen molar-refractivity contribution in [3.63, 3.8) is 0 Å². The van der Waals surface area contributed by atoms with E-state index < -0.39 is 34.7 Å². The van der Waals surface area contributed by atoms with Gasteiger partial charge in [-0.15, -0.1) is 0 Å². The highest BCUT2D eigenvalue weighted by Gasteiger charge is 2.29. The second-order valence-corrected chi connectivity index (χ2v) is 9.39. The number of carbonyl (C=O) groups excluding carboxylic acids is 2. The molecule has 0 aliphatic carbocycles. The van der Waals surface area contributed by atoms with Crippen molar-refractivity contribution in [2.24, 2.45) is 0 Å². The fourth-order valence-electron chi connectivity index (χ4n) is 3.59. The quantitative estimate of drug-likeness (QED) is 0.497. The third-order valence-electron chi connectivity index (χ3n) is 5.31. The van der Waals surface area contributed by atoms with Crippen LogP contribution in [-0.2, 0) is 19.6 Å². The van der Waals surface area contributed by atoms with E-state index in [0.29, 0.717) is 16.9 Å². The summed E-state index contributed by atoms with van der Waals surface area (Å²) in [6.07, 6.45) is -0.682. The number of esters is 1. The van der Waals surface area contributed by atoms with Gasteiger partial charge >= 0.3 is 5.97 Å². The van der Waals surface area contributed by atoms with E-state index in [0.717, 1.165) is 11.1 Å². The molecule has 0 saturated heterocycles. The van der Waals surface area contributed by atoms with Crippen molar-refractivity contribution in [2.45, 2.75) is 24.9 Å². The van der Waals surface area contributed by atoms with Gasteiger partial charge in [-0.05, 0) is 54.8 Å². The van der Waals surface area contributed by atoms with E-state index in [9.17, 15) is 18.0 Å². The van der Waals surface area contributed by atoms with E-state index in [1.807, 2.05) is 32.0 Å². The van der Waals surface area contributed by atoms with Gasteiger partial charge in [-0.3, -0.25) is 4.79 Å². The van der Waals surface area contributed by atoms with Gasteiger partial charge in [-0.1, -0.05) is 42.5 Å². The highest BCUT2D eigenvalue weighted by Crippen LogP contribution is 2.30. The number of nitrogens with one attached hydrogen (secondary N) is 3. The van der Waals surface area contributed by atoms with Crippen molar-refractivity contribution < 1.29 is 22.7 Å². The first-order chi connectivity index (χ1) is 15.7. The molecule has 0 bridgehead atoms. The minimum atomic E-state index is -3.66. The molecule has 9 heteroatoms. The lowest BCUT2D eigenvalue weighted by atomic mass is 10.1. The summed E-state index contributed by atoms with van der Waals surface area (Å²) < 4.78 is 32.7. The summed E-state index contributed by atoms with van der Waals surface area (Å²) in [6, 6.07) is 18.6. The van der Waals surface area contributed by atoms with Gasteiger partial charge in [0, 0.05) is 5.69 Å². The summed E-state index contributed by atoms with van der Waals surface area (Å²) in [5.74, 6) is -1.09. The van der Waals surface area contributed by atoms with E-state index in [1.165, 1.54) is 18.2 Å². The molecule has 170 valence electrons. The highest BCUT2D eigenvalue weighted by atomic mass is 32.2. The number of para-hydroxylation sites is 2. The van der Waals surface area contributed by atoms with Crippen LogP contribution in [0.3, 0.4) is 0 Å². The summed E-state index contributed by atoms with van der Waals surface area (Å²) >= 11 is 0. The minimum Gasteiger partial charge on any atom is -0.452 e. The van der Waals surface area contributed by atoms with E-state index >= 15 is 0 Å². The van der Waals surface area contributed by atoms with Crippen molar-refractivity contribution in [2.75, 3.05) is 17.2 Å². The van der Waals surface area contributed by atoms with Crippen LogP contribution in [0.4, 0.5) is 11.4 Å². The Balaban J connectivity index is 1.38. The molecule has 0 radical (unpaired) electrons. The van der Waals surface area contributed by atoms with Gasteiger partial charge in [-0.2, -0.15) is 4.72 Å². The maximum atomic E-state index is 12.5. The van der Waals surface area contributed by atoms with E-state index in [2.05, 4.69) is 15.4 Å². The smallest absolute Gasteiger partial charge is 0.338 e. The van der Waals surface area contributed by atoms with Crippen LogP contribution in [0.5, 0.6) is 0 Å². The van der Waals surface area contributed by atoms with Crippen molar-refractivity contribution in [3.8, 4) is 0 Å². The number of aryl methyl sites for hydroxylation is 2. The summed E-state index contributed by atoms with van der Waals surface area (Å²) in [5, 5.41) is 5.89. The molecule has 3 aromatic carbocycles. The minimum absolute atomic E-state index is 0.181. The molecular formula is C24H23N3O5S. The van der Waals surface area contributed by atoms with Crippen LogP contribution in [0.15, 0.2) is 71.6 Å². The zero-order valence-corrected chi connectivity index (χ0v) is 18.9. The molecule has 1 heterocycles. The number of rotatable bonds is 5. The second kappa shape index (κ2) is 9.05. The molecule has 0 spiro atoms. The Morgan fingerprint density at radius 2 is 1.61 bits per heavy atom. The normalized spacial score (nSPS) is 16.2. The summed E-state index contributed by atoms with van der Waals surface area (Å²) in [6.45, 7) is 3.35. The lowest BCUT2D eigenvalue weighted by molar-refractivity contribution is -0.119. The molecule has 1 amide bonds. The Morgan fingerprint density at radius 1 is 0.939 bits per heavy atom. The molecule has 4 rings (SSSR count). The topological polar surface area (TPSA) is 114 Å². The zero-order chi connectivity index (χ0) is 23.6. The first kappa shape index (κ1) is 22.5. The number of ether oxygens (including phenoxy) is 1. The molecule has 1 aliphatic heterocycles. The van der Waals surface area contributed by atoms with Gasteiger partial charge in [-0.25, -0.2) is 13.2 Å². The van der Waals surface area contributed by atoms with Crippen LogP contribution in [-0.4, -0.2) is 26.9 Å². The lowest BCUT2D eigenvalue weighted by Gasteiger charge is -2.28. The molecule has 3 aromatic rings. The Kier molecular flexibility index (Phi) is 6.17. The Morgan fingerprint density at radius 3 is 2.30 bits per heavy atom. The van der Waals surface area contributed by atoms with E-state index in [-0.39, 0.29) is 10.5 Å². The van der Waals surface area contributed by atoms with Gasteiger partial charge in [0.25, 0.3) is 5.91 Å². The van der Waals surface area contributed by atoms with Gasteiger partial charge in [0.1, 0.15) is 11.1 Å². The summed E-state index contributed by atoms with van der Waals surface area (Å²) in [4.78, 5) is 24.8. The van der Waals surface area contributed by atoms with Crippen LogP contribution < -0.4 is 15.4 Å². The predicted octanol–water partition coefficient (Wildman–Crippen LogP) is 3.50. The third-order valence-corrected chi connectivity index (χ3v) is 6.79. The predicted molar refractivity (Wildman–Crippen MR) is 124 cm³/mol. The van der Waals surface area contributed by atoms with E-state index in [4.69, 9.17) is 4.74 Å². The largest absolute Gasteiger partial charge is 0.452 e. The SMILES string of the molecule is Cc1cccc(C)c1NC(=O)COC(=O)c1ccc([C@@H]2Nc3ccccc3S(=O)(=O)N2)cc1. The molecule has 1 atom stereocenters. The molecule has 1 aliphatic rings. The summed E-state index contributed by atoms with van der Waals surface area (Å²) in [7, 11) is -3.66. The van der Waals surface area contributed by atoms with Gasteiger partial charge in [0.05, 0.1) is 11.3 Å². The number of fused-ring (bicyclic) bond motifs is 1. The number of amides is 1. The van der Waals surface area contributed by atoms with Crippen LogP contribution >= 0.6 is 0 Å². The van der Waals surface area contributed by atoms with Crippen molar-refractivity contribution in [1.29, 1.82) is 0 Å². The average Bonchev–Trinajstić information content (AvgIpc) is 2.79. The number of benzene rings is 3. The number of carbonyl (C=O) groups is 2. The number of anilines is 2. The van der Waals surface area contributed by atoms with Crippen LogP contribution in [0.25, 0.3) is 0 Å². The molecule has 0 unspecified atom stereocenters. The third kappa shape index (κ3) is 4.89. The van der Waals surface area contributed by atoms with Crippen molar-refractivity contribution in [1.82, 2.24) is 4.72 Å². The monoisotopic (exact) mass is 465 g/mol. The maximum absolute atomic E-state index is 12.5. The van der Waals surface area contributed by atoms with Gasteiger partial charge < -0.3 is 15.4 Å². The Hall–Kier alpha value is -3.69. The second-order valence-electron chi connectivity index (χ2n) is 7.71. The van der Waals surface area contributed by atoms with Crippen molar-refractivity contribution in [3.05, 3.63) is 89.0 Å². The molecule has 0 saturated carbocycles. The Labute approximate surface area is 192 Å². The number of hydrogen-bond acceptors (Lipinski definition) is 6. The molecule has 33 heavy (non-hydrogen) atoms. The fraction of sp³-hybridized carbons (Fsp3) is 0.167. The molecule has 0 fully saturated rings. The fourth-order valence-corrected chi connectivity index (χ4v) is 4.89. The molecule has 8 nitrogen and oxygen atoms in total. The molecule has 0 aromatic heterocycles. The van der Waals surface area contributed by atoms with Crippen LogP contribution in [0, 0.1) is 13.8 Å². The standard InChI is InChI=1S/C24H23N3O5S/c1-15-6-5-7-16(2)22(15)26-21(28)14-32-24(29)18-12-10-17(11-13-18)23-25-19-8-3-4-9-20(19)33(30,31)27-23/h3-13,23,25,27H,14H2,1-2H3,(H,26,28)/t23-/m1/s1. The summed E-state index contributed by atoms with van der Waals surface area (Å²) in [5.41, 5.74) is 3.90.